The largest absolute Gasteiger partial charge is 0.497 e. The van der Waals surface area contributed by atoms with Crippen molar-refractivity contribution < 1.29 is 13.9 Å². The molecular weight excluding hydrogens is 283 g/mol. The molecule has 0 spiro atoms. The zero-order chi connectivity index (χ0) is 14.5. The highest BCUT2D eigenvalue weighted by molar-refractivity contribution is 6.30. The Morgan fingerprint density at radius 3 is 2.70 bits per heavy atom. The molecule has 0 radical (unpaired) electrons. The van der Waals surface area contributed by atoms with Gasteiger partial charge in [0.2, 0.25) is 0 Å². The molecule has 0 unspecified atom stereocenters. The Bertz CT molecular complexity index is 608. The van der Waals surface area contributed by atoms with E-state index in [4.69, 9.17) is 21.1 Å². The number of rotatable bonds is 5. The van der Waals surface area contributed by atoms with Crippen LogP contribution in [0.25, 0.3) is 0 Å². The van der Waals surface area contributed by atoms with Gasteiger partial charge in [0.1, 0.15) is 11.5 Å². The molecular formula is C14H14ClFN2O2. The summed E-state index contributed by atoms with van der Waals surface area (Å²) in [7, 11) is 3.15. The number of pyridine rings is 1. The van der Waals surface area contributed by atoms with Gasteiger partial charge in [-0.2, -0.15) is 0 Å². The van der Waals surface area contributed by atoms with Gasteiger partial charge in [-0.25, -0.2) is 9.37 Å². The van der Waals surface area contributed by atoms with Gasteiger partial charge in [-0.1, -0.05) is 11.6 Å². The maximum Gasteiger partial charge on any atom is 0.166 e. The van der Waals surface area contributed by atoms with E-state index in [9.17, 15) is 4.39 Å². The van der Waals surface area contributed by atoms with Gasteiger partial charge in [0.05, 0.1) is 19.2 Å². The lowest BCUT2D eigenvalue weighted by Gasteiger charge is -2.12. The third kappa shape index (κ3) is 3.30. The molecule has 1 heterocycles. The third-order valence-electron chi connectivity index (χ3n) is 2.75. The van der Waals surface area contributed by atoms with E-state index in [1.54, 1.807) is 20.3 Å². The average molecular weight is 297 g/mol. The first-order valence-electron chi connectivity index (χ1n) is 5.90. The van der Waals surface area contributed by atoms with Crippen LogP contribution in [-0.4, -0.2) is 19.2 Å². The number of halogens is 2. The first kappa shape index (κ1) is 14.4. The zero-order valence-corrected chi connectivity index (χ0v) is 11.9. The SMILES string of the molecule is COc1ccc(CNc2ncc(Cl)cc2F)c(OC)c1. The van der Waals surface area contributed by atoms with Crippen molar-refractivity contribution in [1.82, 2.24) is 4.98 Å². The van der Waals surface area contributed by atoms with E-state index in [0.29, 0.717) is 18.0 Å². The quantitative estimate of drug-likeness (QED) is 0.917. The van der Waals surface area contributed by atoms with E-state index in [1.807, 2.05) is 12.1 Å². The van der Waals surface area contributed by atoms with Crippen LogP contribution in [0.5, 0.6) is 11.5 Å². The Hall–Kier alpha value is -2.01. The first-order chi connectivity index (χ1) is 9.63. The molecule has 0 aliphatic carbocycles. The molecule has 2 rings (SSSR count). The number of hydrogen-bond acceptors (Lipinski definition) is 4. The number of nitrogens with zero attached hydrogens (tertiary/aromatic N) is 1. The molecule has 6 heteroatoms. The normalized spacial score (nSPS) is 10.2. The number of nitrogens with one attached hydrogen (secondary N) is 1. The summed E-state index contributed by atoms with van der Waals surface area (Å²) in [5.74, 6) is 1.00. The molecule has 0 aliphatic heterocycles. The van der Waals surface area contributed by atoms with E-state index in [0.717, 1.165) is 5.56 Å². The Kier molecular flexibility index (Phi) is 4.63. The average Bonchev–Trinajstić information content (AvgIpc) is 2.46. The minimum Gasteiger partial charge on any atom is -0.497 e. The van der Waals surface area contributed by atoms with E-state index in [1.165, 1.54) is 12.3 Å². The number of methoxy groups -OCH3 is 2. The van der Waals surface area contributed by atoms with Crippen LogP contribution in [0, 0.1) is 5.82 Å². The summed E-state index contributed by atoms with van der Waals surface area (Å²) < 4.78 is 24.0. The van der Waals surface area contributed by atoms with Crippen molar-refractivity contribution in [1.29, 1.82) is 0 Å². The van der Waals surface area contributed by atoms with Crippen LogP contribution in [0.15, 0.2) is 30.5 Å². The molecule has 0 bridgehead atoms. The van der Waals surface area contributed by atoms with Crippen LogP contribution in [0.2, 0.25) is 5.02 Å². The summed E-state index contributed by atoms with van der Waals surface area (Å²) in [4.78, 5) is 3.90. The van der Waals surface area contributed by atoms with Crippen LogP contribution >= 0.6 is 11.6 Å². The van der Waals surface area contributed by atoms with Crippen LogP contribution < -0.4 is 14.8 Å². The maximum absolute atomic E-state index is 13.6. The van der Waals surface area contributed by atoms with Gasteiger partial charge in [-0.3, -0.25) is 0 Å². The minimum absolute atomic E-state index is 0.146. The summed E-state index contributed by atoms with van der Waals surface area (Å²) in [6, 6.07) is 6.63. The van der Waals surface area contributed by atoms with Crippen LogP contribution in [-0.2, 0) is 6.54 Å². The van der Waals surface area contributed by atoms with Gasteiger partial charge in [0.15, 0.2) is 11.6 Å². The lowest BCUT2D eigenvalue weighted by atomic mass is 10.2. The second kappa shape index (κ2) is 6.43. The summed E-state index contributed by atoms with van der Waals surface area (Å²) in [5.41, 5.74) is 0.865. The molecule has 20 heavy (non-hydrogen) atoms. The molecule has 0 aliphatic rings. The molecule has 0 fully saturated rings. The van der Waals surface area contributed by atoms with Crippen molar-refractivity contribution in [3.8, 4) is 11.5 Å². The highest BCUT2D eigenvalue weighted by Crippen LogP contribution is 2.25. The lowest BCUT2D eigenvalue weighted by molar-refractivity contribution is 0.391. The summed E-state index contributed by atoms with van der Waals surface area (Å²) in [6.45, 7) is 0.374. The number of aromatic nitrogens is 1. The molecule has 0 amide bonds. The number of hydrogen-bond donors (Lipinski definition) is 1. The van der Waals surface area contributed by atoms with Crippen LogP contribution in [0.4, 0.5) is 10.2 Å². The Morgan fingerprint density at radius 2 is 2.05 bits per heavy atom. The Labute approximate surface area is 121 Å². The second-order valence-corrected chi connectivity index (χ2v) is 4.45. The zero-order valence-electron chi connectivity index (χ0n) is 11.1. The molecule has 4 nitrogen and oxygen atoms in total. The van der Waals surface area contributed by atoms with Gasteiger partial charge < -0.3 is 14.8 Å². The molecule has 1 aromatic heterocycles. The van der Waals surface area contributed by atoms with Crippen molar-refractivity contribution in [3.63, 3.8) is 0 Å². The van der Waals surface area contributed by atoms with Crippen molar-refractivity contribution >= 4 is 17.4 Å². The fraction of sp³-hybridized carbons (Fsp3) is 0.214. The molecule has 2 aromatic rings. The molecule has 1 N–H and O–H groups in total. The predicted molar refractivity (Wildman–Crippen MR) is 76.1 cm³/mol. The van der Waals surface area contributed by atoms with E-state index >= 15 is 0 Å². The van der Waals surface area contributed by atoms with Crippen molar-refractivity contribution in [3.05, 3.63) is 46.9 Å². The Balaban J connectivity index is 2.14. The smallest absolute Gasteiger partial charge is 0.166 e. The summed E-state index contributed by atoms with van der Waals surface area (Å²) in [6.07, 6.45) is 1.39. The van der Waals surface area contributed by atoms with Gasteiger partial charge >= 0.3 is 0 Å². The van der Waals surface area contributed by atoms with E-state index < -0.39 is 5.82 Å². The minimum atomic E-state index is -0.495. The van der Waals surface area contributed by atoms with Gasteiger partial charge in [-0.05, 0) is 18.2 Å². The van der Waals surface area contributed by atoms with Crippen molar-refractivity contribution in [2.45, 2.75) is 6.54 Å². The van der Waals surface area contributed by atoms with Crippen LogP contribution in [0.3, 0.4) is 0 Å². The van der Waals surface area contributed by atoms with Crippen molar-refractivity contribution in [2.75, 3.05) is 19.5 Å². The molecule has 0 saturated heterocycles. The number of benzene rings is 1. The molecule has 0 atom stereocenters. The maximum atomic E-state index is 13.6. The topological polar surface area (TPSA) is 43.4 Å². The predicted octanol–water partition coefficient (Wildman–Crippen LogP) is 3.50. The van der Waals surface area contributed by atoms with Gasteiger partial charge in [0.25, 0.3) is 0 Å². The first-order valence-corrected chi connectivity index (χ1v) is 6.27. The third-order valence-corrected chi connectivity index (χ3v) is 2.96. The highest BCUT2D eigenvalue weighted by Gasteiger charge is 2.08. The molecule has 106 valence electrons. The fourth-order valence-corrected chi connectivity index (χ4v) is 1.87. The summed E-state index contributed by atoms with van der Waals surface area (Å²) >= 11 is 5.65. The molecule has 0 saturated carbocycles. The number of ether oxygens (including phenoxy) is 2. The Morgan fingerprint density at radius 1 is 1.25 bits per heavy atom. The monoisotopic (exact) mass is 296 g/mol. The summed E-state index contributed by atoms with van der Waals surface area (Å²) in [5, 5.41) is 3.16. The van der Waals surface area contributed by atoms with E-state index in [2.05, 4.69) is 10.3 Å². The van der Waals surface area contributed by atoms with Crippen molar-refractivity contribution in [2.24, 2.45) is 0 Å². The fourth-order valence-electron chi connectivity index (χ4n) is 1.72. The van der Waals surface area contributed by atoms with Gasteiger partial charge in [0, 0.05) is 24.4 Å². The molecule has 1 aromatic carbocycles. The standard InChI is InChI=1S/C14H14ClFN2O2/c1-19-11-4-3-9(13(6-11)20-2)7-17-14-12(16)5-10(15)8-18-14/h3-6,8H,7H2,1-2H3,(H,17,18). The van der Waals surface area contributed by atoms with E-state index in [-0.39, 0.29) is 10.8 Å². The van der Waals surface area contributed by atoms with Gasteiger partial charge in [-0.15, -0.1) is 0 Å². The van der Waals surface area contributed by atoms with Crippen LogP contribution in [0.1, 0.15) is 5.56 Å². The highest BCUT2D eigenvalue weighted by atomic mass is 35.5. The lowest BCUT2D eigenvalue weighted by Crippen LogP contribution is -2.05. The number of anilines is 1. The second-order valence-electron chi connectivity index (χ2n) is 4.02.